The van der Waals surface area contributed by atoms with Crippen molar-refractivity contribution in [3.05, 3.63) is 102 Å². The van der Waals surface area contributed by atoms with Gasteiger partial charge in [0.1, 0.15) is 12.1 Å². The van der Waals surface area contributed by atoms with E-state index in [2.05, 4.69) is 10.0 Å². The fourth-order valence-electron chi connectivity index (χ4n) is 4.79. The van der Waals surface area contributed by atoms with Crippen LogP contribution in [0.25, 0.3) is 0 Å². The van der Waals surface area contributed by atoms with Crippen LogP contribution in [0.4, 0.5) is 0 Å². The van der Waals surface area contributed by atoms with Gasteiger partial charge in [-0.1, -0.05) is 72.8 Å². The first-order valence-electron chi connectivity index (χ1n) is 13.1. The molecule has 0 bridgehead atoms. The lowest BCUT2D eigenvalue weighted by Crippen LogP contribution is -2.58. The van der Waals surface area contributed by atoms with E-state index in [1.165, 1.54) is 28.8 Å². The highest BCUT2D eigenvalue weighted by Gasteiger charge is 2.50. The molecule has 1 saturated heterocycles. The molecule has 3 aromatic rings. The second kappa shape index (κ2) is 12.6. The van der Waals surface area contributed by atoms with Crippen LogP contribution in [-0.2, 0) is 32.6 Å². The van der Waals surface area contributed by atoms with Crippen molar-refractivity contribution in [3.8, 4) is 0 Å². The summed E-state index contributed by atoms with van der Waals surface area (Å²) in [7, 11) is -4.04. The molecule has 0 radical (unpaired) electrons. The summed E-state index contributed by atoms with van der Waals surface area (Å²) in [5, 5.41) is 14.3. The van der Waals surface area contributed by atoms with E-state index in [1.807, 2.05) is 51.1 Å². The topological polar surface area (TPSA) is 116 Å². The highest BCUT2D eigenvalue weighted by atomic mass is 32.2. The van der Waals surface area contributed by atoms with Crippen LogP contribution >= 0.6 is 11.8 Å². The van der Waals surface area contributed by atoms with E-state index in [0.29, 0.717) is 6.54 Å². The maximum atomic E-state index is 13.8. The predicted molar refractivity (Wildman–Crippen MR) is 157 cm³/mol. The third-order valence-electron chi connectivity index (χ3n) is 7.08. The van der Waals surface area contributed by atoms with Crippen molar-refractivity contribution in [2.24, 2.45) is 0 Å². The minimum atomic E-state index is -4.04. The molecule has 1 aliphatic heterocycles. The van der Waals surface area contributed by atoms with Crippen LogP contribution in [0.1, 0.15) is 30.5 Å². The number of carbonyl (C=O) groups excluding carboxylic acids is 2. The number of hydrogen-bond donors (Lipinski definition) is 3. The molecule has 3 N–H and O–H groups in total. The predicted octanol–water partition coefficient (Wildman–Crippen LogP) is 3.24. The Morgan fingerprint density at radius 3 is 2.25 bits per heavy atom. The zero-order chi connectivity index (χ0) is 28.9. The lowest BCUT2D eigenvalue weighted by molar-refractivity contribution is -0.147. The molecule has 0 aromatic heterocycles. The normalized spacial score (nSPS) is 18.2. The highest BCUT2D eigenvalue weighted by Crippen LogP contribution is 2.40. The van der Waals surface area contributed by atoms with Gasteiger partial charge >= 0.3 is 0 Å². The Bertz CT molecular complexity index is 1430. The molecule has 3 unspecified atom stereocenters. The number of carbonyl (C=O) groups is 2. The fourth-order valence-corrected chi connectivity index (χ4v) is 7.20. The summed E-state index contributed by atoms with van der Waals surface area (Å²) in [5.41, 5.74) is 2.76. The van der Waals surface area contributed by atoms with Gasteiger partial charge in [-0.15, -0.1) is 11.8 Å². The van der Waals surface area contributed by atoms with Gasteiger partial charge in [0.05, 0.1) is 16.8 Å². The zero-order valence-electron chi connectivity index (χ0n) is 22.8. The molecule has 0 saturated carbocycles. The second-order valence-corrected chi connectivity index (χ2v) is 13.7. The van der Waals surface area contributed by atoms with E-state index in [4.69, 9.17) is 0 Å². The van der Waals surface area contributed by atoms with E-state index in [-0.39, 0.29) is 23.1 Å². The average Bonchev–Trinajstić information content (AvgIpc) is 3.27. The number of aliphatic hydroxyl groups excluding tert-OH is 1. The van der Waals surface area contributed by atoms with Crippen molar-refractivity contribution < 1.29 is 23.1 Å². The standard InChI is InChI=1S/C30H35N3O5S2/c1-21-12-10-11-15-23(21)19-31-28(35)27-30(2,3)39-20-33(27)29(36)26(34)25(18-22-13-6-4-7-14-22)32-40(37,38)24-16-8-5-9-17-24/h4-17,25-27,32,34H,18-20H2,1-3H3,(H,31,35). The van der Waals surface area contributed by atoms with Crippen molar-refractivity contribution in [1.82, 2.24) is 14.9 Å². The molecule has 1 aliphatic rings. The van der Waals surface area contributed by atoms with Crippen molar-refractivity contribution in [2.45, 2.75) is 61.6 Å². The van der Waals surface area contributed by atoms with Gasteiger partial charge in [0.25, 0.3) is 5.91 Å². The minimum absolute atomic E-state index is 0.0269. The van der Waals surface area contributed by atoms with Gasteiger partial charge in [0, 0.05) is 11.3 Å². The van der Waals surface area contributed by atoms with Crippen LogP contribution in [0.15, 0.2) is 89.8 Å². The van der Waals surface area contributed by atoms with E-state index in [0.717, 1.165) is 16.7 Å². The van der Waals surface area contributed by atoms with Crippen LogP contribution in [0.2, 0.25) is 0 Å². The molecule has 0 spiro atoms. The molecule has 2 amide bonds. The molecule has 8 nitrogen and oxygen atoms in total. The molecular formula is C30H35N3O5S2. The molecule has 3 atom stereocenters. The number of nitrogens with one attached hydrogen (secondary N) is 2. The molecule has 1 fully saturated rings. The summed E-state index contributed by atoms with van der Waals surface area (Å²) in [6, 6.07) is 22.6. The van der Waals surface area contributed by atoms with E-state index in [1.54, 1.807) is 42.5 Å². The summed E-state index contributed by atoms with van der Waals surface area (Å²) >= 11 is 1.43. The van der Waals surface area contributed by atoms with Gasteiger partial charge in [0.2, 0.25) is 15.9 Å². The number of amides is 2. The summed E-state index contributed by atoms with van der Waals surface area (Å²) < 4.78 is 28.3. The van der Waals surface area contributed by atoms with Crippen molar-refractivity contribution in [2.75, 3.05) is 5.88 Å². The lowest BCUT2D eigenvalue weighted by atomic mass is 9.97. The van der Waals surface area contributed by atoms with Crippen molar-refractivity contribution in [1.29, 1.82) is 0 Å². The summed E-state index contributed by atoms with van der Waals surface area (Å²) in [5.74, 6) is -0.844. The first kappa shape index (κ1) is 29.8. The lowest BCUT2D eigenvalue weighted by Gasteiger charge is -2.33. The van der Waals surface area contributed by atoms with Crippen LogP contribution in [0.3, 0.4) is 0 Å². The van der Waals surface area contributed by atoms with E-state index >= 15 is 0 Å². The first-order valence-corrected chi connectivity index (χ1v) is 15.5. The summed E-state index contributed by atoms with van der Waals surface area (Å²) in [6.07, 6.45) is -1.64. The van der Waals surface area contributed by atoms with Crippen molar-refractivity contribution in [3.63, 3.8) is 0 Å². The Morgan fingerprint density at radius 1 is 1.00 bits per heavy atom. The molecule has 3 aromatic carbocycles. The Labute approximate surface area is 240 Å². The van der Waals surface area contributed by atoms with Gasteiger partial charge in [-0.25, -0.2) is 13.1 Å². The number of aryl methyl sites for hydroxylation is 1. The van der Waals surface area contributed by atoms with Gasteiger partial charge in [0.15, 0.2) is 0 Å². The quantitative estimate of drug-likeness (QED) is 0.339. The SMILES string of the molecule is Cc1ccccc1CNC(=O)C1N(C(=O)C(O)C(Cc2ccccc2)NS(=O)(=O)c2ccccc2)CSC1(C)C. The number of hydrogen-bond acceptors (Lipinski definition) is 6. The Kier molecular flexibility index (Phi) is 9.35. The van der Waals surface area contributed by atoms with Crippen LogP contribution < -0.4 is 10.0 Å². The molecule has 1 heterocycles. The minimum Gasteiger partial charge on any atom is -0.382 e. The van der Waals surface area contributed by atoms with E-state index in [9.17, 15) is 23.1 Å². The number of thioether (sulfide) groups is 1. The number of aliphatic hydroxyl groups is 1. The number of benzene rings is 3. The molecular weight excluding hydrogens is 546 g/mol. The zero-order valence-corrected chi connectivity index (χ0v) is 24.4. The average molecular weight is 582 g/mol. The fraction of sp³-hybridized carbons (Fsp3) is 0.333. The third kappa shape index (κ3) is 6.93. The Balaban J connectivity index is 1.57. The smallest absolute Gasteiger partial charge is 0.254 e. The number of rotatable bonds is 10. The van der Waals surface area contributed by atoms with E-state index < -0.39 is 38.9 Å². The van der Waals surface area contributed by atoms with Crippen LogP contribution in [0.5, 0.6) is 0 Å². The summed E-state index contributed by atoms with van der Waals surface area (Å²) in [4.78, 5) is 28.6. The molecule has 40 heavy (non-hydrogen) atoms. The maximum absolute atomic E-state index is 13.8. The third-order valence-corrected chi connectivity index (χ3v) is 9.96. The Hall–Kier alpha value is -3.18. The first-order chi connectivity index (χ1) is 19.0. The van der Waals surface area contributed by atoms with Crippen LogP contribution in [0, 0.1) is 6.92 Å². The Morgan fingerprint density at radius 2 is 1.60 bits per heavy atom. The number of sulfonamides is 1. The van der Waals surface area contributed by atoms with Gasteiger partial charge < -0.3 is 15.3 Å². The number of nitrogens with zero attached hydrogens (tertiary/aromatic N) is 1. The molecule has 10 heteroatoms. The molecule has 4 rings (SSSR count). The molecule has 212 valence electrons. The largest absolute Gasteiger partial charge is 0.382 e. The van der Waals surface area contributed by atoms with Gasteiger partial charge in [-0.05, 0) is 56.0 Å². The van der Waals surface area contributed by atoms with Crippen LogP contribution in [-0.4, -0.2) is 59.1 Å². The van der Waals surface area contributed by atoms with Gasteiger partial charge in [-0.3, -0.25) is 9.59 Å². The maximum Gasteiger partial charge on any atom is 0.254 e. The van der Waals surface area contributed by atoms with Gasteiger partial charge in [-0.2, -0.15) is 0 Å². The van der Waals surface area contributed by atoms with Crippen molar-refractivity contribution >= 4 is 33.6 Å². The highest BCUT2D eigenvalue weighted by molar-refractivity contribution is 8.00. The summed E-state index contributed by atoms with van der Waals surface area (Å²) in [6.45, 7) is 6.04. The molecule has 0 aliphatic carbocycles. The monoisotopic (exact) mass is 581 g/mol. The second-order valence-electron chi connectivity index (χ2n) is 10.4.